The molecule has 0 spiro atoms. The van der Waals surface area contributed by atoms with E-state index < -0.39 is 48.7 Å². The summed E-state index contributed by atoms with van der Waals surface area (Å²) in [6, 6.07) is 0. The minimum atomic E-state index is -1.63. The smallest absolute Gasteiger partial charge is 0.334 e. The number of allylic oxidation sites excluding steroid dienone is 1. The summed E-state index contributed by atoms with van der Waals surface area (Å²) in [5.74, 6) is -0.660. The summed E-state index contributed by atoms with van der Waals surface area (Å²) in [4.78, 5) is 25.5. The van der Waals surface area contributed by atoms with Crippen LogP contribution in [0.3, 0.4) is 0 Å². The van der Waals surface area contributed by atoms with Gasteiger partial charge in [0.1, 0.15) is 31.0 Å². The van der Waals surface area contributed by atoms with Gasteiger partial charge >= 0.3 is 11.9 Å². The second-order valence-corrected chi connectivity index (χ2v) is 11.0. The predicted octanol–water partition coefficient (Wildman–Crippen LogP) is 1.37. The van der Waals surface area contributed by atoms with Crippen molar-refractivity contribution in [1.29, 1.82) is 0 Å². The molecule has 9 atom stereocenters. The van der Waals surface area contributed by atoms with Crippen LogP contribution in [-0.2, 0) is 23.8 Å². The molecule has 0 bridgehead atoms. The number of fused-ring (bicyclic) bond motifs is 1. The van der Waals surface area contributed by atoms with Gasteiger partial charge in [-0.1, -0.05) is 25.5 Å². The SMILES string of the molecule is C=C1CCC2C(C)(C(=O)OC3OC(CO)C(O)C(O)C3O)CCCC2(C)C1CCC1=CCOC1=O. The van der Waals surface area contributed by atoms with E-state index >= 15 is 0 Å². The highest BCUT2D eigenvalue weighted by Gasteiger charge is 2.58. The molecule has 35 heavy (non-hydrogen) atoms. The highest BCUT2D eigenvalue weighted by atomic mass is 16.7. The Hall–Kier alpha value is -1.78. The van der Waals surface area contributed by atoms with Crippen LogP contribution in [0.4, 0.5) is 0 Å². The molecule has 2 aliphatic heterocycles. The minimum absolute atomic E-state index is 0.0128. The molecule has 9 nitrogen and oxygen atoms in total. The zero-order valence-corrected chi connectivity index (χ0v) is 20.5. The molecular formula is C26H38O9. The molecule has 4 rings (SSSR count). The molecule has 4 aliphatic rings. The number of esters is 2. The van der Waals surface area contributed by atoms with Gasteiger partial charge in [-0.05, 0) is 68.8 Å². The van der Waals surface area contributed by atoms with Crippen LogP contribution in [0.5, 0.6) is 0 Å². The van der Waals surface area contributed by atoms with Gasteiger partial charge in [0.05, 0.1) is 12.0 Å². The van der Waals surface area contributed by atoms with Crippen molar-refractivity contribution in [2.24, 2.45) is 22.7 Å². The van der Waals surface area contributed by atoms with Crippen molar-refractivity contribution in [1.82, 2.24) is 0 Å². The Kier molecular flexibility index (Phi) is 7.46. The van der Waals surface area contributed by atoms with E-state index in [1.54, 1.807) is 0 Å². The van der Waals surface area contributed by atoms with Crippen LogP contribution in [0.1, 0.15) is 58.8 Å². The molecule has 0 aromatic carbocycles. The number of carbonyl (C=O) groups excluding carboxylic acids is 2. The highest BCUT2D eigenvalue weighted by Crippen LogP contribution is 2.62. The Morgan fingerprint density at radius 1 is 1.20 bits per heavy atom. The first-order valence-corrected chi connectivity index (χ1v) is 12.6. The topological polar surface area (TPSA) is 143 Å². The number of cyclic esters (lactones) is 1. The Bertz CT molecular complexity index is 882. The molecule has 2 saturated carbocycles. The van der Waals surface area contributed by atoms with E-state index in [-0.39, 0.29) is 23.2 Å². The number of ether oxygens (including phenoxy) is 3. The third-order valence-electron chi connectivity index (χ3n) is 9.07. The molecule has 4 N–H and O–H groups in total. The number of hydrogen-bond donors (Lipinski definition) is 4. The fourth-order valence-electron chi connectivity index (χ4n) is 7.03. The molecule has 3 fully saturated rings. The number of rotatable bonds is 6. The maximum Gasteiger partial charge on any atom is 0.334 e. The molecule has 2 aliphatic carbocycles. The Morgan fingerprint density at radius 2 is 1.94 bits per heavy atom. The van der Waals surface area contributed by atoms with Crippen LogP contribution in [0.2, 0.25) is 0 Å². The summed E-state index contributed by atoms with van der Waals surface area (Å²) in [5, 5.41) is 39.9. The second-order valence-electron chi connectivity index (χ2n) is 11.0. The van der Waals surface area contributed by atoms with Crippen LogP contribution in [0, 0.1) is 22.7 Å². The standard InChI is InChI=1S/C26H38O9/c1-14-5-8-18-25(2,16(14)7-6-15-9-12-33-22(15)31)10-4-11-26(18,3)24(32)35-23-21(30)20(29)19(28)17(13-27)34-23/h9,16-21,23,27-30H,1,4-8,10-13H2,2-3H3. The molecule has 0 radical (unpaired) electrons. The number of carbonyl (C=O) groups is 2. The molecule has 196 valence electrons. The molecule has 0 amide bonds. The zero-order valence-electron chi connectivity index (χ0n) is 20.5. The Morgan fingerprint density at radius 3 is 2.60 bits per heavy atom. The molecule has 0 aromatic heterocycles. The third-order valence-corrected chi connectivity index (χ3v) is 9.07. The van der Waals surface area contributed by atoms with Crippen LogP contribution >= 0.6 is 0 Å². The van der Waals surface area contributed by atoms with Gasteiger partial charge in [0, 0.05) is 5.57 Å². The van der Waals surface area contributed by atoms with Crippen molar-refractivity contribution in [2.75, 3.05) is 13.2 Å². The predicted molar refractivity (Wildman–Crippen MR) is 124 cm³/mol. The van der Waals surface area contributed by atoms with Gasteiger partial charge in [-0.2, -0.15) is 0 Å². The maximum absolute atomic E-state index is 13.6. The first-order chi connectivity index (χ1) is 16.5. The summed E-state index contributed by atoms with van der Waals surface area (Å²) < 4.78 is 16.1. The average molecular weight is 495 g/mol. The number of hydrogen-bond acceptors (Lipinski definition) is 9. The lowest BCUT2D eigenvalue weighted by Crippen LogP contribution is -2.61. The molecule has 9 unspecified atom stereocenters. The van der Waals surface area contributed by atoms with Crippen molar-refractivity contribution in [2.45, 2.75) is 89.5 Å². The largest absolute Gasteiger partial charge is 0.458 e. The molecular weight excluding hydrogens is 456 g/mol. The van der Waals surface area contributed by atoms with Gasteiger partial charge in [0.15, 0.2) is 0 Å². The highest BCUT2D eigenvalue weighted by molar-refractivity contribution is 5.90. The summed E-state index contributed by atoms with van der Waals surface area (Å²) in [6.07, 6.45) is -0.305. The van der Waals surface area contributed by atoms with E-state index in [1.165, 1.54) is 0 Å². The fourth-order valence-corrected chi connectivity index (χ4v) is 7.03. The quantitative estimate of drug-likeness (QED) is 0.318. The summed E-state index contributed by atoms with van der Waals surface area (Å²) in [6.45, 7) is 8.17. The van der Waals surface area contributed by atoms with Crippen molar-refractivity contribution in [3.05, 3.63) is 23.8 Å². The molecule has 1 saturated heterocycles. The van der Waals surface area contributed by atoms with Gasteiger partial charge in [-0.15, -0.1) is 0 Å². The molecule has 2 heterocycles. The van der Waals surface area contributed by atoms with Gasteiger partial charge in [0.2, 0.25) is 6.29 Å². The lowest BCUT2D eigenvalue weighted by atomic mass is 9.46. The lowest BCUT2D eigenvalue weighted by Gasteiger charge is -2.58. The lowest BCUT2D eigenvalue weighted by molar-refractivity contribution is -0.297. The van der Waals surface area contributed by atoms with Gasteiger partial charge in [0.25, 0.3) is 0 Å². The average Bonchev–Trinajstić information content (AvgIpc) is 3.23. The van der Waals surface area contributed by atoms with Crippen LogP contribution in [0.15, 0.2) is 23.8 Å². The monoisotopic (exact) mass is 494 g/mol. The van der Waals surface area contributed by atoms with E-state index in [1.807, 2.05) is 13.0 Å². The van der Waals surface area contributed by atoms with E-state index in [9.17, 15) is 30.0 Å². The zero-order chi connectivity index (χ0) is 25.5. The van der Waals surface area contributed by atoms with Crippen molar-refractivity contribution < 1.29 is 44.2 Å². The van der Waals surface area contributed by atoms with E-state index in [4.69, 9.17) is 14.2 Å². The van der Waals surface area contributed by atoms with Crippen molar-refractivity contribution in [3.63, 3.8) is 0 Å². The first-order valence-electron chi connectivity index (χ1n) is 12.6. The van der Waals surface area contributed by atoms with Gasteiger partial charge < -0.3 is 34.6 Å². The fraction of sp³-hybridized carbons (Fsp3) is 0.769. The summed E-state index contributed by atoms with van der Waals surface area (Å²) >= 11 is 0. The van der Waals surface area contributed by atoms with Crippen LogP contribution in [-0.4, -0.2) is 76.3 Å². The van der Waals surface area contributed by atoms with E-state index in [0.29, 0.717) is 25.0 Å². The second kappa shape index (κ2) is 9.94. The van der Waals surface area contributed by atoms with Gasteiger partial charge in [-0.25, -0.2) is 4.79 Å². The van der Waals surface area contributed by atoms with Crippen molar-refractivity contribution >= 4 is 11.9 Å². The van der Waals surface area contributed by atoms with E-state index in [0.717, 1.165) is 37.7 Å². The Balaban J connectivity index is 1.52. The minimum Gasteiger partial charge on any atom is -0.458 e. The van der Waals surface area contributed by atoms with Crippen molar-refractivity contribution in [3.8, 4) is 0 Å². The molecule has 0 aromatic rings. The van der Waals surface area contributed by atoms with Crippen LogP contribution < -0.4 is 0 Å². The summed E-state index contributed by atoms with van der Waals surface area (Å²) in [5.41, 5.74) is 0.766. The maximum atomic E-state index is 13.6. The normalized spacial score (nSPS) is 43.8. The number of aliphatic hydroxyl groups excluding tert-OH is 4. The van der Waals surface area contributed by atoms with Crippen LogP contribution in [0.25, 0.3) is 0 Å². The van der Waals surface area contributed by atoms with E-state index in [2.05, 4.69) is 13.5 Å². The van der Waals surface area contributed by atoms with Gasteiger partial charge in [-0.3, -0.25) is 4.79 Å². The third kappa shape index (κ3) is 4.57. The summed E-state index contributed by atoms with van der Waals surface area (Å²) in [7, 11) is 0. The number of aliphatic hydroxyl groups is 4. The molecule has 9 heteroatoms. The Labute approximate surface area is 205 Å². The first kappa shape index (κ1) is 26.3.